The first-order chi connectivity index (χ1) is 10.9. The monoisotopic (exact) mass is 462 g/mol. The van der Waals surface area contributed by atoms with Crippen LogP contribution in [0.15, 0.2) is 16.7 Å². The molecule has 0 saturated heterocycles. The fraction of sp³-hybridized carbons (Fsp3) is 0.562. The van der Waals surface area contributed by atoms with E-state index in [1.54, 1.807) is 11.3 Å². The highest BCUT2D eigenvalue weighted by atomic mass is 127. The van der Waals surface area contributed by atoms with Gasteiger partial charge in [0, 0.05) is 44.3 Å². The lowest BCUT2D eigenvalue weighted by atomic mass is 10.1. The largest absolute Gasteiger partial charge is 0.351 e. The number of rotatable bonds is 5. The van der Waals surface area contributed by atoms with E-state index in [9.17, 15) is 0 Å². The van der Waals surface area contributed by atoms with Crippen LogP contribution in [0.5, 0.6) is 0 Å². The van der Waals surface area contributed by atoms with Crippen LogP contribution in [0.3, 0.4) is 0 Å². The maximum atomic E-state index is 4.57. The summed E-state index contributed by atoms with van der Waals surface area (Å²) in [5.74, 6) is 1.28. The average Bonchev–Trinajstić information content (AvgIpc) is 3.06. The summed E-state index contributed by atoms with van der Waals surface area (Å²) >= 11 is 1.67. The SMILES string of the molecule is CN=C(NCc1scnc1C)N(C)Cc1cn(C)nc1C(C)C.I. The average molecular weight is 462 g/mol. The molecule has 0 radical (unpaired) electrons. The van der Waals surface area contributed by atoms with E-state index in [2.05, 4.69) is 45.3 Å². The quantitative estimate of drug-likeness (QED) is 0.422. The van der Waals surface area contributed by atoms with Gasteiger partial charge in [0.05, 0.1) is 23.4 Å². The van der Waals surface area contributed by atoms with Crippen molar-refractivity contribution in [3.05, 3.63) is 33.5 Å². The molecule has 0 atom stereocenters. The minimum absolute atomic E-state index is 0. The van der Waals surface area contributed by atoms with E-state index in [0.717, 1.165) is 30.4 Å². The first kappa shape index (κ1) is 20.9. The smallest absolute Gasteiger partial charge is 0.193 e. The van der Waals surface area contributed by atoms with Gasteiger partial charge in [-0.15, -0.1) is 35.3 Å². The van der Waals surface area contributed by atoms with Crippen LogP contribution >= 0.6 is 35.3 Å². The van der Waals surface area contributed by atoms with E-state index >= 15 is 0 Å². The van der Waals surface area contributed by atoms with Crippen LogP contribution in [0.1, 0.15) is 41.6 Å². The summed E-state index contributed by atoms with van der Waals surface area (Å²) in [6.07, 6.45) is 2.09. The Balaban J connectivity index is 0.00000288. The Kier molecular flexibility index (Phi) is 8.14. The molecular formula is C16H27IN6S. The number of nitrogens with one attached hydrogen (secondary N) is 1. The normalized spacial score (nSPS) is 11.5. The van der Waals surface area contributed by atoms with Crippen molar-refractivity contribution < 1.29 is 0 Å². The summed E-state index contributed by atoms with van der Waals surface area (Å²) in [4.78, 5) is 12.0. The number of thiazole rings is 1. The minimum Gasteiger partial charge on any atom is -0.351 e. The fourth-order valence-corrected chi connectivity index (χ4v) is 3.25. The molecule has 2 rings (SSSR count). The van der Waals surface area contributed by atoms with Gasteiger partial charge in [0.2, 0.25) is 0 Å². The fourth-order valence-electron chi connectivity index (χ4n) is 2.53. The van der Waals surface area contributed by atoms with Crippen molar-refractivity contribution >= 4 is 41.3 Å². The van der Waals surface area contributed by atoms with Crippen LogP contribution in [-0.2, 0) is 20.1 Å². The standard InChI is InChI=1S/C16H26N6S.HI/c1-11(2)15-13(9-22(6)20-15)8-21(5)16(17-4)18-7-14-12(3)19-10-23-14;/h9-11H,7-8H2,1-6H3,(H,17,18);1H. The Morgan fingerprint density at radius 2 is 2.17 bits per heavy atom. The Labute approximate surface area is 165 Å². The number of aromatic nitrogens is 3. The zero-order valence-electron chi connectivity index (χ0n) is 15.2. The highest BCUT2D eigenvalue weighted by Crippen LogP contribution is 2.18. The van der Waals surface area contributed by atoms with E-state index in [1.165, 1.54) is 10.4 Å². The molecule has 8 heteroatoms. The van der Waals surface area contributed by atoms with Gasteiger partial charge in [0.1, 0.15) is 0 Å². The number of hydrogen-bond acceptors (Lipinski definition) is 4. The molecule has 0 bridgehead atoms. The highest BCUT2D eigenvalue weighted by Gasteiger charge is 2.15. The Morgan fingerprint density at radius 1 is 1.46 bits per heavy atom. The van der Waals surface area contributed by atoms with Gasteiger partial charge in [0.25, 0.3) is 0 Å². The number of halogens is 1. The summed E-state index contributed by atoms with van der Waals surface area (Å²) in [6.45, 7) is 7.90. The van der Waals surface area contributed by atoms with Crippen LogP contribution in [0.25, 0.3) is 0 Å². The van der Waals surface area contributed by atoms with E-state index in [-0.39, 0.29) is 24.0 Å². The minimum atomic E-state index is 0. The van der Waals surface area contributed by atoms with Crippen molar-refractivity contribution in [3.63, 3.8) is 0 Å². The van der Waals surface area contributed by atoms with Gasteiger partial charge in [-0.05, 0) is 12.8 Å². The summed E-state index contributed by atoms with van der Waals surface area (Å²) < 4.78 is 1.88. The van der Waals surface area contributed by atoms with Gasteiger partial charge < -0.3 is 10.2 Å². The third kappa shape index (κ3) is 5.17. The summed E-state index contributed by atoms with van der Waals surface area (Å²) in [7, 11) is 5.83. The van der Waals surface area contributed by atoms with Crippen LogP contribution < -0.4 is 5.32 Å². The summed E-state index contributed by atoms with van der Waals surface area (Å²) in [5, 5.41) is 7.98. The molecule has 0 aliphatic rings. The molecule has 2 aromatic heterocycles. The lowest BCUT2D eigenvalue weighted by Crippen LogP contribution is -2.38. The van der Waals surface area contributed by atoms with Gasteiger partial charge in [-0.1, -0.05) is 13.8 Å². The van der Waals surface area contributed by atoms with Crippen molar-refractivity contribution in [1.29, 1.82) is 0 Å². The topological polar surface area (TPSA) is 58.3 Å². The van der Waals surface area contributed by atoms with Crippen molar-refractivity contribution in [2.24, 2.45) is 12.0 Å². The molecule has 0 aliphatic carbocycles. The second-order valence-corrected chi connectivity index (χ2v) is 6.93. The highest BCUT2D eigenvalue weighted by molar-refractivity contribution is 14.0. The lowest BCUT2D eigenvalue weighted by molar-refractivity contribution is 0.473. The van der Waals surface area contributed by atoms with E-state index in [1.807, 2.05) is 38.3 Å². The molecule has 0 amide bonds. The van der Waals surface area contributed by atoms with Gasteiger partial charge in [-0.3, -0.25) is 9.67 Å². The molecule has 1 N–H and O–H groups in total. The Hall–Kier alpha value is -1.16. The summed E-state index contributed by atoms with van der Waals surface area (Å²) in [6, 6.07) is 0. The summed E-state index contributed by atoms with van der Waals surface area (Å²) in [5.41, 5.74) is 5.34. The number of aliphatic imine (C=N–C) groups is 1. The van der Waals surface area contributed by atoms with Gasteiger partial charge in [0.15, 0.2) is 5.96 Å². The van der Waals surface area contributed by atoms with Crippen LogP contribution in [-0.4, -0.2) is 39.7 Å². The van der Waals surface area contributed by atoms with Crippen LogP contribution in [0.4, 0.5) is 0 Å². The zero-order valence-corrected chi connectivity index (χ0v) is 18.3. The molecule has 0 aromatic carbocycles. The maximum absolute atomic E-state index is 4.57. The molecule has 2 aromatic rings. The van der Waals surface area contributed by atoms with Crippen molar-refractivity contribution in [2.45, 2.75) is 39.8 Å². The van der Waals surface area contributed by atoms with Gasteiger partial charge in [-0.25, -0.2) is 4.98 Å². The number of aryl methyl sites for hydroxylation is 2. The van der Waals surface area contributed by atoms with E-state index < -0.39 is 0 Å². The molecule has 0 unspecified atom stereocenters. The van der Waals surface area contributed by atoms with Gasteiger partial charge in [-0.2, -0.15) is 5.10 Å². The van der Waals surface area contributed by atoms with Crippen molar-refractivity contribution in [2.75, 3.05) is 14.1 Å². The van der Waals surface area contributed by atoms with Crippen molar-refractivity contribution in [3.8, 4) is 0 Å². The second-order valence-electron chi connectivity index (χ2n) is 5.99. The predicted octanol–water partition coefficient (Wildman–Crippen LogP) is 3.13. The van der Waals surface area contributed by atoms with Gasteiger partial charge >= 0.3 is 0 Å². The van der Waals surface area contributed by atoms with Crippen LogP contribution in [0.2, 0.25) is 0 Å². The van der Waals surface area contributed by atoms with E-state index in [0.29, 0.717) is 5.92 Å². The zero-order chi connectivity index (χ0) is 17.0. The molecule has 24 heavy (non-hydrogen) atoms. The molecule has 0 saturated carbocycles. The molecule has 0 spiro atoms. The maximum Gasteiger partial charge on any atom is 0.193 e. The second kappa shape index (κ2) is 9.36. The predicted molar refractivity (Wildman–Crippen MR) is 111 cm³/mol. The molecule has 0 fully saturated rings. The Bertz CT molecular complexity index is 676. The Morgan fingerprint density at radius 3 is 2.71 bits per heavy atom. The number of nitrogens with zero attached hydrogens (tertiary/aromatic N) is 5. The van der Waals surface area contributed by atoms with E-state index in [4.69, 9.17) is 0 Å². The molecule has 0 aliphatic heterocycles. The third-order valence-corrected chi connectivity index (χ3v) is 4.65. The third-order valence-electron chi connectivity index (χ3n) is 3.72. The lowest BCUT2D eigenvalue weighted by Gasteiger charge is -2.22. The number of guanidine groups is 1. The molecular weight excluding hydrogens is 435 g/mol. The first-order valence-corrected chi connectivity index (χ1v) is 8.63. The molecule has 6 nitrogen and oxygen atoms in total. The molecule has 134 valence electrons. The molecule has 2 heterocycles. The number of hydrogen-bond donors (Lipinski definition) is 1. The van der Waals surface area contributed by atoms with Crippen LogP contribution in [0, 0.1) is 6.92 Å². The van der Waals surface area contributed by atoms with Crippen molar-refractivity contribution in [1.82, 2.24) is 25.0 Å². The first-order valence-electron chi connectivity index (χ1n) is 7.75.